The van der Waals surface area contributed by atoms with Gasteiger partial charge in [0.05, 0.1) is 17.7 Å². The molecule has 0 aliphatic carbocycles. The van der Waals surface area contributed by atoms with Crippen molar-refractivity contribution in [2.75, 3.05) is 6.61 Å². The molecule has 0 heterocycles. The lowest BCUT2D eigenvalue weighted by Crippen LogP contribution is -2.28. The number of hydrogen-bond acceptors (Lipinski definition) is 9. The van der Waals surface area contributed by atoms with Crippen LogP contribution in [0.1, 0.15) is 138 Å². The maximum atomic E-state index is 12.6. The molecule has 0 aromatic heterocycles. The topological polar surface area (TPSA) is 114 Å². The molecule has 0 spiro atoms. The molecule has 0 unspecified atom stereocenters. The van der Waals surface area contributed by atoms with Gasteiger partial charge < -0.3 is 23.7 Å². The summed E-state index contributed by atoms with van der Waals surface area (Å²) in [6.07, 6.45) is 10.7. The fraction of sp³-hybridized carbons (Fsp3) is 0.467. The van der Waals surface area contributed by atoms with Crippen molar-refractivity contribution in [3.63, 3.8) is 0 Å². The molecule has 0 aliphatic rings. The van der Waals surface area contributed by atoms with Crippen molar-refractivity contribution in [2.24, 2.45) is 0 Å². The summed E-state index contributed by atoms with van der Waals surface area (Å²) in [6.45, 7) is 15.5. The number of aryl methyl sites for hydroxylation is 1. The second kappa shape index (κ2) is 21.7. The molecule has 9 nitrogen and oxygen atoms in total. The molecule has 0 amide bonds. The predicted octanol–water partition coefficient (Wildman–Crippen LogP) is 10.7. The van der Waals surface area contributed by atoms with Crippen molar-refractivity contribution < 1.29 is 42.9 Å². The molecule has 3 rings (SSSR count). The van der Waals surface area contributed by atoms with Gasteiger partial charge in [0, 0.05) is 12.0 Å². The van der Waals surface area contributed by atoms with Gasteiger partial charge in [0.2, 0.25) is 0 Å². The second-order valence-corrected chi connectivity index (χ2v) is 15.1. The van der Waals surface area contributed by atoms with Gasteiger partial charge in [0.1, 0.15) is 28.5 Å². The lowest BCUT2D eigenvalue weighted by atomic mass is 9.98. The normalized spacial score (nSPS) is 11.4. The van der Waals surface area contributed by atoms with E-state index >= 15 is 0 Å². The summed E-state index contributed by atoms with van der Waals surface area (Å²) >= 11 is 0. The van der Waals surface area contributed by atoms with E-state index < -0.39 is 23.1 Å². The van der Waals surface area contributed by atoms with E-state index in [0.717, 1.165) is 76.2 Å². The number of benzene rings is 3. The van der Waals surface area contributed by atoms with Gasteiger partial charge in [-0.05, 0) is 141 Å². The highest BCUT2D eigenvalue weighted by atomic mass is 16.6. The lowest BCUT2D eigenvalue weighted by molar-refractivity contribution is -0.157. The van der Waals surface area contributed by atoms with Crippen molar-refractivity contribution in [3.8, 4) is 17.2 Å². The molecule has 54 heavy (non-hydrogen) atoms. The van der Waals surface area contributed by atoms with Crippen molar-refractivity contribution in [3.05, 3.63) is 102 Å². The van der Waals surface area contributed by atoms with Gasteiger partial charge in [-0.2, -0.15) is 0 Å². The molecular weight excluding hydrogens is 684 g/mol. The monoisotopic (exact) mass is 742 g/mol. The molecule has 0 fully saturated rings. The summed E-state index contributed by atoms with van der Waals surface area (Å²) in [6, 6.07) is 20.3. The molecule has 0 aliphatic heterocycles. The zero-order valence-corrected chi connectivity index (χ0v) is 33.0. The van der Waals surface area contributed by atoms with Crippen LogP contribution in [0.15, 0.2) is 84.9 Å². The van der Waals surface area contributed by atoms with E-state index in [-0.39, 0.29) is 11.9 Å². The van der Waals surface area contributed by atoms with Crippen LogP contribution in [0.2, 0.25) is 0 Å². The minimum Gasteiger partial charge on any atom is -0.494 e. The quantitative estimate of drug-likeness (QED) is 0.0405. The van der Waals surface area contributed by atoms with Gasteiger partial charge >= 0.3 is 23.9 Å². The summed E-state index contributed by atoms with van der Waals surface area (Å²) in [4.78, 5) is 49.2. The third-order valence-electron chi connectivity index (χ3n) is 8.83. The fourth-order valence-corrected chi connectivity index (χ4v) is 5.63. The summed E-state index contributed by atoms with van der Waals surface area (Å²) in [7, 11) is 0. The predicted molar refractivity (Wildman–Crippen MR) is 210 cm³/mol. The second-order valence-electron chi connectivity index (χ2n) is 15.1. The molecule has 3 aromatic carbocycles. The standard InChI is InChI=1S/C45H58O9/c1-33(2)41(47)54-45(6,7)31-15-12-13-17-40(46)53-44(4,5)30-14-10-8-9-11-16-32-50-37-24-22-36(23-25-37)43(49)52-39-28-26-38(27-29-39)51-42(48)35-20-18-34(3)19-21-35/h18-29H,1,8-17,30-32H2,2-7H3. The Hall–Kier alpha value is -4.92. The third-order valence-corrected chi connectivity index (χ3v) is 8.83. The van der Waals surface area contributed by atoms with Gasteiger partial charge in [-0.15, -0.1) is 0 Å². The Morgan fingerprint density at radius 1 is 0.556 bits per heavy atom. The molecule has 0 saturated carbocycles. The zero-order chi connectivity index (χ0) is 39.6. The fourth-order valence-electron chi connectivity index (χ4n) is 5.63. The van der Waals surface area contributed by atoms with Gasteiger partial charge in [-0.3, -0.25) is 4.79 Å². The van der Waals surface area contributed by atoms with Crippen molar-refractivity contribution in [1.82, 2.24) is 0 Å². The van der Waals surface area contributed by atoms with Crippen LogP contribution < -0.4 is 14.2 Å². The van der Waals surface area contributed by atoms with E-state index in [4.69, 9.17) is 23.7 Å². The molecule has 0 radical (unpaired) electrons. The van der Waals surface area contributed by atoms with E-state index in [2.05, 4.69) is 6.58 Å². The lowest BCUT2D eigenvalue weighted by Gasteiger charge is -2.26. The Labute approximate surface area is 321 Å². The molecule has 0 N–H and O–H groups in total. The Morgan fingerprint density at radius 2 is 0.981 bits per heavy atom. The Kier molecular flexibility index (Phi) is 17.5. The molecule has 0 bridgehead atoms. The minimum atomic E-state index is -0.552. The highest BCUT2D eigenvalue weighted by Crippen LogP contribution is 2.24. The number of carbonyl (C=O) groups excluding carboxylic acids is 4. The van der Waals surface area contributed by atoms with Crippen molar-refractivity contribution >= 4 is 23.9 Å². The van der Waals surface area contributed by atoms with Crippen LogP contribution in [0.5, 0.6) is 17.2 Å². The SMILES string of the molecule is C=C(C)C(=O)OC(C)(C)CCCCCC(=O)OC(C)(C)CCCCCCCCOc1ccc(C(=O)Oc2ccc(OC(=O)c3ccc(C)cc3)cc2)cc1. The van der Waals surface area contributed by atoms with Crippen LogP contribution in [0.25, 0.3) is 0 Å². The molecule has 9 heteroatoms. The number of esters is 4. The molecule has 0 atom stereocenters. The summed E-state index contributed by atoms with van der Waals surface area (Å²) in [5.41, 5.74) is 1.26. The Bertz CT molecular complexity index is 1650. The number of unbranched alkanes of at least 4 members (excludes halogenated alkanes) is 7. The Balaban J connectivity index is 1.21. The smallest absolute Gasteiger partial charge is 0.343 e. The minimum absolute atomic E-state index is 0.162. The van der Waals surface area contributed by atoms with Crippen molar-refractivity contribution in [1.29, 1.82) is 0 Å². The first-order chi connectivity index (χ1) is 25.6. The van der Waals surface area contributed by atoms with Crippen LogP contribution in [-0.4, -0.2) is 41.7 Å². The summed E-state index contributed by atoms with van der Waals surface area (Å²) in [5, 5.41) is 0. The van der Waals surface area contributed by atoms with E-state index in [1.165, 1.54) is 0 Å². The number of ether oxygens (including phenoxy) is 5. The van der Waals surface area contributed by atoms with Gasteiger partial charge in [-0.25, -0.2) is 14.4 Å². The number of rotatable bonds is 23. The van der Waals surface area contributed by atoms with Gasteiger partial charge in [0.25, 0.3) is 0 Å². The van der Waals surface area contributed by atoms with Crippen molar-refractivity contribution in [2.45, 2.75) is 130 Å². The maximum absolute atomic E-state index is 12.6. The van der Waals surface area contributed by atoms with Crippen LogP contribution in [0.4, 0.5) is 0 Å². The third kappa shape index (κ3) is 16.8. The van der Waals surface area contributed by atoms with Crippen LogP contribution in [-0.2, 0) is 19.1 Å². The van der Waals surface area contributed by atoms with E-state index in [0.29, 0.717) is 47.0 Å². The molecule has 0 saturated heterocycles. The first-order valence-corrected chi connectivity index (χ1v) is 19.1. The largest absolute Gasteiger partial charge is 0.494 e. The van der Waals surface area contributed by atoms with E-state index in [9.17, 15) is 19.2 Å². The maximum Gasteiger partial charge on any atom is 0.343 e. The molecule has 292 valence electrons. The van der Waals surface area contributed by atoms with Crippen LogP contribution in [0.3, 0.4) is 0 Å². The first-order valence-electron chi connectivity index (χ1n) is 19.1. The molecule has 3 aromatic rings. The average molecular weight is 743 g/mol. The highest BCUT2D eigenvalue weighted by molar-refractivity contribution is 5.92. The zero-order valence-electron chi connectivity index (χ0n) is 33.0. The first kappa shape index (κ1) is 43.5. The van der Waals surface area contributed by atoms with Gasteiger partial charge in [-0.1, -0.05) is 56.4 Å². The van der Waals surface area contributed by atoms with Gasteiger partial charge in [0.15, 0.2) is 0 Å². The van der Waals surface area contributed by atoms with E-state index in [1.807, 2.05) is 46.8 Å². The number of carbonyl (C=O) groups is 4. The van der Waals surface area contributed by atoms with E-state index in [1.54, 1.807) is 67.6 Å². The van der Waals surface area contributed by atoms with Crippen LogP contribution in [0, 0.1) is 6.92 Å². The Morgan fingerprint density at radius 3 is 1.50 bits per heavy atom. The summed E-state index contributed by atoms with van der Waals surface area (Å²) < 4.78 is 28.0. The summed E-state index contributed by atoms with van der Waals surface area (Å²) in [5.74, 6) is -0.117. The highest BCUT2D eigenvalue weighted by Gasteiger charge is 2.24. The molecular formula is C45H58O9. The van der Waals surface area contributed by atoms with Crippen LogP contribution >= 0.6 is 0 Å². The average Bonchev–Trinajstić information content (AvgIpc) is 3.11. The number of hydrogen-bond donors (Lipinski definition) is 0.